The molecule has 0 aliphatic heterocycles. The average Bonchev–Trinajstić information content (AvgIpc) is 1.67. The van der Waals surface area contributed by atoms with Gasteiger partial charge in [-0.3, -0.25) is 4.79 Å². The van der Waals surface area contributed by atoms with E-state index in [0.717, 1.165) is 6.42 Å². The van der Waals surface area contributed by atoms with Crippen LogP contribution in [0.5, 0.6) is 0 Å². The maximum absolute atomic E-state index is 10.4. The van der Waals surface area contributed by atoms with Gasteiger partial charge in [0.1, 0.15) is 0 Å². The number of hydrogen-bond acceptors (Lipinski definition) is 2. The minimum Gasteiger partial charge on any atom is -0.371 e. The number of halogens is 1. The molecule has 1 atom stereocenters. The van der Waals surface area contributed by atoms with Crippen LogP contribution in [0.4, 0.5) is 0 Å². The molecule has 0 saturated heterocycles. The van der Waals surface area contributed by atoms with E-state index >= 15 is 0 Å². The molecule has 0 radical (unpaired) electrons. The Labute approximate surface area is 53.5 Å². The maximum Gasteiger partial charge on any atom is 0.186 e. The first-order valence-electron chi connectivity index (χ1n) is 2.53. The summed E-state index contributed by atoms with van der Waals surface area (Å²) in [7, 11) is 0. The third kappa shape index (κ3) is 2.99. The van der Waals surface area contributed by atoms with Crippen molar-refractivity contribution >= 4 is 17.4 Å². The van der Waals surface area contributed by atoms with Gasteiger partial charge < -0.3 is 5.11 Å². The molecule has 1 N–H and O–H groups in total. The Bertz CT molecular complexity index is 80.5. The van der Waals surface area contributed by atoms with E-state index in [9.17, 15) is 4.79 Å². The molecule has 1 unspecified atom stereocenters. The van der Waals surface area contributed by atoms with E-state index in [0.29, 0.717) is 6.42 Å². The fraction of sp³-hybridized carbons (Fsp3) is 0.800. The Balaban J connectivity index is 3.33. The van der Waals surface area contributed by atoms with Gasteiger partial charge in [-0.15, -0.1) is 0 Å². The molecule has 0 spiro atoms. The Kier molecular flexibility index (Phi) is 3.83. The number of hydrogen-bond donors (Lipinski definition) is 1. The zero-order valence-corrected chi connectivity index (χ0v) is 5.48. The first-order valence-corrected chi connectivity index (χ1v) is 2.97. The van der Waals surface area contributed by atoms with Crippen LogP contribution in [0.1, 0.15) is 19.8 Å². The first kappa shape index (κ1) is 7.92. The van der Waals surface area contributed by atoms with Gasteiger partial charge in [0.05, 0.1) is 0 Å². The van der Waals surface area contributed by atoms with Crippen molar-refractivity contribution in [1.82, 2.24) is 0 Å². The van der Waals surface area contributed by atoms with E-state index in [2.05, 4.69) is 0 Å². The minimum absolute atomic E-state index is 0.297. The number of aliphatic hydroxyl groups excluding tert-OH is 1. The number of aliphatic hydroxyl groups is 1. The highest BCUT2D eigenvalue weighted by Gasteiger charge is 2.07. The SMILES string of the molecule is CCCC(=O)C(O)Cl. The van der Waals surface area contributed by atoms with Gasteiger partial charge in [0.15, 0.2) is 11.3 Å². The summed E-state index contributed by atoms with van der Waals surface area (Å²) in [5.74, 6) is -0.297. The number of alkyl halides is 1. The molecule has 0 rings (SSSR count). The molecule has 0 aromatic carbocycles. The van der Waals surface area contributed by atoms with Gasteiger partial charge in [0.2, 0.25) is 0 Å². The van der Waals surface area contributed by atoms with E-state index in [1.54, 1.807) is 0 Å². The van der Waals surface area contributed by atoms with E-state index in [-0.39, 0.29) is 5.78 Å². The zero-order chi connectivity index (χ0) is 6.57. The van der Waals surface area contributed by atoms with Gasteiger partial charge >= 0.3 is 0 Å². The van der Waals surface area contributed by atoms with Crippen molar-refractivity contribution < 1.29 is 9.90 Å². The molecule has 0 amide bonds. The van der Waals surface area contributed by atoms with Crippen molar-refractivity contribution in [3.8, 4) is 0 Å². The summed E-state index contributed by atoms with van der Waals surface area (Å²) in [6.45, 7) is 1.86. The standard InChI is InChI=1S/C5H9ClO2/c1-2-3-4(7)5(6)8/h5,8H,2-3H2,1H3. The number of carbonyl (C=O) groups is 1. The van der Waals surface area contributed by atoms with Crippen molar-refractivity contribution in [2.75, 3.05) is 0 Å². The monoisotopic (exact) mass is 136 g/mol. The molecule has 3 heteroatoms. The van der Waals surface area contributed by atoms with E-state index < -0.39 is 5.56 Å². The van der Waals surface area contributed by atoms with Gasteiger partial charge in [-0.2, -0.15) is 0 Å². The lowest BCUT2D eigenvalue weighted by Gasteiger charge is -1.95. The van der Waals surface area contributed by atoms with Crippen LogP contribution in [-0.2, 0) is 4.79 Å². The Morgan fingerprint density at radius 2 is 2.38 bits per heavy atom. The zero-order valence-electron chi connectivity index (χ0n) is 4.72. The van der Waals surface area contributed by atoms with Gasteiger partial charge in [-0.1, -0.05) is 18.5 Å². The number of Topliss-reactive ketones (excluding diaryl/α,β-unsaturated/α-hetero) is 1. The lowest BCUT2D eigenvalue weighted by Crippen LogP contribution is -2.11. The van der Waals surface area contributed by atoms with Crippen molar-refractivity contribution in [3.05, 3.63) is 0 Å². The second kappa shape index (κ2) is 3.87. The summed E-state index contributed by atoms with van der Waals surface area (Å²) in [5, 5.41) is 8.37. The smallest absolute Gasteiger partial charge is 0.186 e. The van der Waals surface area contributed by atoms with Crippen molar-refractivity contribution in [2.45, 2.75) is 25.3 Å². The van der Waals surface area contributed by atoms with Crippen LogP contribution in [0.15, 0.2) is 0 Å². The number of carbonyl (C=O) groups excluding carboxylic acids is 1. The topological polar surface area (TPSA) is 37.3 Å². The maximum atomic E-state index is 10.4. The van der Waals surface area contributed by atoms with Crippen LogP contribution in [0.3, 0.4) is 0 Å². The average molecular weight is 137 g/mol. The summed E-state index contributed by atoms with van der Waals surface area (Å²) >= 11 is 5.01. The fourth-order valence-electron chi connectivity index (χ4n) is 0.366. The molecule has 2 nitrogen and oxygen atoms in total. The molecule has 0 bridgehead atoms. The summed E-state index contributed by atoms with van der Waals surface area (Å²) in [4.78, 5) is 10.4. The van der Waals surface area contributed by atoms with Crippen LogP contribution in [0.2, 0.25) is 0 Å². The van der Waals surface area contributed by atoms with E-state index in [4.69, 9.17) is 16.7 Å². The van der Waals surface area contributed by atoms with Crippen LogP contribution in [0, 0.1) is 0 Å². The van der Waals surface area contributed by atoms with Crippen LogP contribution in [0.25, 0.3) is 0 Å². The van der Waals surface area contributed by atoms with Crippen LogP contribution >= 0.6 is 11.6 Å². The van der Waals surface area contributed by atoms with Crippen molar-refractivity contribution in [1.29, 1.82) is 0 Å². The third-order valence-corrected chi connectivity index (χ3v) is 1.01. The summed E-state index contributed by atoms with van der Waals surface area (Å²) in [6.07, 6.45) is 1.10. The predicted octanol–water partition coefficient (Wildman–Crippen LogP) is 0.913. The van der Waals surface area contributed by atoms with Gasteiger partial charge in [-0.05, 0) is 6.42 Å². The second-order valence-corrected chi connectivity index (χ2v) is 1.97. The van der Waals surface area contributed by atoms with Crippen molar-refractivity contribution in [2.24, 2.45) is 0 Å². The molecular weight excluding hydrogens is 128 g/mol. The third-order valence-electron chi connectivity index (χ3n) is 0.762. The van der Waals surface area contributed by atoms with Crippen molar-refractivity contribution in [3.63, 3.8) is 0 Å². The lowest BCUT2D eigenvalue weighted by atomic mass is 10.2. The Morgan fingerprint density at radius 1 is 1.88 bits per heavy atom. The highest BCUT2D eigenvalue weighted by molar-refractivity contribution is 6.29. The van der Waals surface area contributed by atoms with Gasteiger partial charge in [0.25, 0.3) is 0 Å². The second-order valence-electron chi connectivity index (χ2n) is 1.55. The summed E-state index contributed by atoms with van der Waals surface area (Å²) in [5.41, 5.74) is -1.30. The molecule has 0 aromatic rings. The largest absolute Gasteiger partial charge is 0.371 e. The molecule has 0 aromatic heterocycles. The molecule has 8 heavy (non-hydrogen) atoms. The molecule has 0 fully saturated rings. The predicted molar refractivity (Wildman–Crippen MR) is 31.8 cm³/mol. The molecular formula is C5H9ClO2. The minimum atomic E-state index is -1.30. The van der Waals surface area contributed by atoms with E-state index in [1.807, 2.05) is 6.92 Å². The molecule has 0 aliphatic rings. The first-order chi connectivity index (χ1) is 3.68. The molecule has 0 heterocycles. The molecule has 0 saturated carbocycles. The van der Waals surface area contributed by atoms with Gasteiger partial charge in [0, 0.05) is 6.42 Å². The number of ketones is 1. The summed E-state index contributed by atoms with van der Waals surface area (Å²) in [6, 6.07) is 0. The van der Waals surface area contributed by atoms with E-state index in [1.165, 1.54) is 0 Å². The molecule has 48 valence electrons. The highest BCUT2D eigenvalue weighted by atomic mass is 35.5. The van der Waals surface area contributed by atoms with Crippen LogP contribution in [-0.4, -0.2) is 16.5 Å². The summed E-state index contributed by atoms with van der Waals surface area (Å²) < 4.78 is 0. The Hall–Kier alpha value is -0.0800. The fourth-order valence-corrected chi connectivity index (χ4v) is 0.475. The number of rotatable bonds is 3. The lowest BCUT2D eigenvalue weighted by molar-refractivity contribution is -0.123. The normalized spacial score (nSPS) is 13.4. The molecule has 0 aliphatic carbocycles. The van der Waals surface area contributed by atoms with Gasteiger partial charge in [-0.25, -0.2) is 0 Å². The Morgan fingerprint density at radius 3 is 2.50 bits per heavy atom. The van der Waals surface area contributed by atoms with Crippen LogP contribution < -0.4 is 0 Å². The quantitative estimate of drug-likeness (QED) is 0.586. The highest BCUT2D eigenvalue weighted by Crippen LogP contribution is 1.97.